The standard InChI is InChI=1S/C14H10FN3O/c15-12-9(3-1-5-11(12)16)13(19)10-7-18-14-8(10)4-2-6-17-14/h1-7H,16H2,(H,17,18). The predicted molar refractivity (Wildman–Crippen MR) is 70.3 cm³/mol. The highest BCUT2D eigenvalue weighted by molar-refractivity contribution is 6.16. The molecule has 0 spiro atoms. The zero-order valence-electron chi connectivity index (χ0n) is 9.85. The van der Waals surface area contributed by atoms with Crippen LogP contribution < -0.4 is 5.73 Å². The van der Waals surface area contributed by atoms with Crippen molar-refractivity contribution < 1.29 is 9.18 Å². The van der Waals surface area contributed by atoms with E-state index in [1.807, 2.05) is 0 Å². The van der Waals surface area contributed by atoms with Crippen LogP contribution in [0.1, 0.15) is 15.9 Å². The number of carbonyl (C=O) groups is 1. The largest absolute Gasteiger partial charge is 0.396 e. The van der Waals surface area contributed by atoms with Crippen LogP contribution in [0.25, 0.3) is 11.0 Å². The SMILES string of the molecule is Nc1cccc(C(=O)c2c[nH]c3ncccc23)c1F. The lowest BCUT2D eigenvalue weighted by Gasteiger charge is -2.03. The molecule has 0 aliphatic rings. The summed E-state index contributed by atoms with van der Waals surface area (Å²) in [7, 11) is 0. The van der Waals surface area contributed by atoms with E-state index in [-0.39, 0.29) is 11.3 Å². The zero-order valence-corrected chi connectivity index (χ0v) is 9.85. The monoisotopic (exact) mass is 255 g/mol. The number of anilines is 1. The number of H-pyrrole nitrogens is 1. The van der Waals surface area contributed by atoms with E-state index >= 15 is 0 Å². The van der Waals surface area contributed by atoms with Crippen molar-refractivity contribution in [2.24, 2.45) is 0 Å². The van der Waals surface area contributed by atoms with Crippen molar-refractivity contribution in [2.75, 3.05) is 5.73 Å². The molecule has 5 heteroatoms. The van der Waals surface area contributed by atoms with Gasteiger partial charge in [-0.05, 0) is 24.3 Å². The molecule has 0 amide bonds. The van der Waals surface area contributed by atoms with Crippen LogP contribution >= 0.6 is 0 Å². The number of pyridine rings is 1. The Hall–Kier alpha value is -2.69. The molecule has 3 N–H and O–H groups in total. The normalized spacial score (nSPS) is 10.8. The van der Waals surface area contributed by atoms with E-state index in [4.69, 9.17) is 5.73 Å². The number of rotatable bonds is 2. The summed E-state index contributed by atoms with van der Waals surface area (Å²) in [5.41, 5.74) is 6.38. The number of aromatic nitrogens is 2. The number of hydrogen-bond acceptors (Lipinski definition) is 3. The van der Waals surface area contributed by atoms with E-state index < -0.39 is 11.6 Å². The fraction of sp³-hybridized carbons (Fsp3) is 0. The molecule has 0 saturated heterocycles. The van der Waals surface area contributed by atoms with Crippen molar-refractivity contribution in [2.45, 2.75) is 0 Å². The molecule has 0 atom stereocenters. The topological polar surface area (TPSA) is 71.8 Å². The number of fused-ring (bicyclic) bond motifs is 1. The first-order chi connectivity index (χ1) is 9.18. The average Bonchev–Trinajstić information content (AvgIpc) is 2.85. The van der Waals surface area contributed by atoms with Crippen molar-refractivity contribution >= 4 is 22.5 Å². The molecular weight excluding hydrogens is 245 g/mol. The van der Waals surface area contributed by atoms with Gasteiger partial charge >= 0.3 is 0 Å². The fourth-order valence-electron chi connectivity index (χ4n) is 2.01. The molecular formula is C14H10FN3O. The maximum atomic E-state index is 13.9. The van der Waals surface area contributed by atoms with Gasteiger partial charge in [0, 0.05) is 23.3 Å². The molecule has 0 bridgehead atoms. The highest BCUT2D eigenvalue weighted by Gasteiger charge is 2.18. The van der Waals surface area contributed by atoms with Crippen molar-refractivity contribution in [1.29, 1.82) is 0 Å². The minimum atomic E-state index is -0.689. The van der Waals surface area contributed by atoms with Crippen LogP contribution in [0.5, 0.6) is 0 Å². The van der Waals surface area contributed by atoms with E-state index in [1.54, 1.807) is 24.4 Å². The van der Waals surface area contributed by atoms with Gasteiger partial charge in [-0.15, -0.1) is 0 Å². The lowest BCUT2D eigenvalue weighted by atomic mass is 10.0. The van der Waals surface area contributed by atoms with Gasteiger partial charge in [0.25, 0.3) is 0 Å². The Bertz CT molecular complexity index is 779. The van der Waals surface area contributed by atoms with Gasteiger partial charge in [-0.25, -0.2) is 9.37 Å². The third-order valence-electron chi connectivity index (χ3n) is 2.97. The second-order valence-electron chi connectivity index (χ2n) is 4.14. The molecule has 4 nitrogen and oxygen atoms in total. The molecule has 19 heavy (non-hydrogen) atoms. The van der Waals surface area contributed by atoms with Crippen molar-refractivity contribution in [1.82, 2.24) is 9.97 Å². The molecule has 0 fully saturated rings. The molecule has 0 aliphatic carbocycles. The lowest BCUT2D eigenvalue weighted by Crippen LogP contribution is -2.05. The van der Waals surface area contributed by atoms with Gasteiger partial charge < -0.3 is 10.7 Å². The molecule has 2 aromatic heterocycles. The summed E-state index contributed by atoms with van der Waals surface area (Å²) in [5, 5.41) is 0.661. The quantitative estimate of drug-likeness (QED) is 0.546. The van der Waals surface area contributed by atoms with Gasteiger partial charge in [0.1, 0.15) is 5.65 Å². The first-order valence-corrected chi connectivity index (χ1v) is 5.69. The van der Waals surface area contributed by atoms with Crippen LogP contribution in [0.3, 0.4) is 0 Å². The lowest BCUT2D eigenvalue weighted by molar-refractivity contribution is 0.103. The Balaban J connectivity index is 2.17. The summed E-state index contributed by atoms with van der Waals surface area (Å²) >= 11 is 0. The second-order valence-corrected chi connectivity index (χ2v) is 4.14. The molecule has 3 aromatic rings. The van der Waals surface area contributed by atoms with Crippen LogP contribution in [0, 0.1) is 5.82 Å². The summed E-state index contributed by atoms with van der Waals surface area (Å²) in [4.78, 5) is 19.3. The number of hydrogen-bond donors (Lipinski definition) is 2. The van der Waals surface area contributed by atoms with Crippen LogP contribution in [0.2, 0.25) is 0 Å². The third kappa shape index (κ3) is 1.76. The average molecular weight is 255 g/mol. The van der Waals surface area contributed by atoms with Gasteiger partial charge in [0.15, 0.2) is 11.6 Å². The predicted octanol–water partition coefficient (Wildman–Crippen LogP) is 2.52. The summed E-state index contributed by atoms with van der Waals surface area (Å²) in [6, 6.07) is 7.88. The number of carbonyl (C=O) groups excluding carboxylic acids is 1. The minimum absolute atomic E-state index is 0.0373. The van der Waals surface area contributed by atoms with Gasteiger partial charge in [0.05, 0.1) is 11.3 Å². The first-order valence-electron chi connectivity index (χ1n) is 5.69. The Labute approximate surface area is 108 Å². The van der Waals surface area contributed by atoms with E-state index in [9.17, 15) is 9.18 Å². The van der Waals surface area contributed by atoms with Crippen molar-refractivity contribution in [3.63, 3.8) is 0 Å². The highest BCUT2D eigenvalue weighted by Crippen LogP contribution is 2.22. The number of nitrogens with zero attached hydrogens (tertiary/aromatic N) is 1. The summed E-state index contributed by atoms with van der Waals surface area (Å²) in [6.07, 6.45) is 3.15. The van der Waals surface area contributed by atoms with E-state index in [2.05, 4.69) is 9.97 Å². The number of ketones is 1. The van der Waals surface area contributed by atoms with E-state index in [1.165, 1.54) is 18.3 Å². The maximum absolute atomic E-state index is 13.9. The number of aromatic amines is 1. The number of benzene rings is 1. The fourth-order valence-corrected chi connectivity index (χ4v) is 2.01. The molecule has 0 unspecified atom stereocenters. The second kappa shape index (κ2) is 4.20. The zero-order chi connectivity index (χ0) is 13.4. The molecule has 3 rings (SSSR count). The summed E-state index contributed by atoms with van der Waals surface area (Å²) < 4.78 is 13.9. The first kappa shape index (κ1) is 11.4. The number of nitrogens with one attached hydrogen (secondary N) is 1. The minimum Gasteiger partial charge on any atom is -0.396 e. The molecule has 0 saturated carbocycles. The number of halogens is 1. The van der Waals surface area contributed by atoms with Gasteiger partial charge in [-0.1, -0.05) is 6.07 Å². The van der Waals surface area contributed by atoms with Gasteiger partial charge in [0.2, 0.25) is 0 Å². The van der Waals surface area contributed by atoms with Crippen molar-refractivity contribution in [3.05, 3.63) is 59.7 Å². The summed E-state index contributed by atoms with van der Waals surface area (Å²) in [6.45, 7) is 0. The Kier molecular flexibility index (Phi) is 2.52. The highest BCUT2D eigenvalue weighted by atomic mass is 19.1. The van der Waals surface area contributed by atoms with Crippen molar-refractivity contribution in [3.8, 4) is 0 Å². The molecule has 0 aliphatic heterocycles. The van der Waals surface area contributed by atoms with Crippen LogP contribution in [-0.4, -0.2) is 15.8 Å². The molecule has 1 aromatic carbocycles. The molecule has 0 radical (unpaired) electrons. The number of nitrogen functional groups attached to an aromatic ring is 1. The van der Waals surface area contributed by atoms with E-state index in [0.29, 0.717) is 16.6 Å². The third-order valence-corrected chi connectivity index (χ3v) is 2.97. The van der Waals surface area contributed by atoms with E-state index in [0.717, 1.165) is 0 Å². The molecule has 94 valence electrons. The van der Waals surface area contributed by atoms with Crippen LogP contribution in [-0.2, 0) is 0 Å². The molecule has 2 heterocycles. The van der Waals surface area contributed by atoms with Crippen LogP contribution in [0.15, 0.2) is 42.7 Å². The Morgan fingerprint density at radius 1 is 1.21 bits per heavy atom. The Morgan fingerprint density at radius 3 is 2.89 bits per heavy atom. The summed E-state index contributed by atoms with van der Waals surface area (Å²) in [5.74, 6) is -1.10. The van der Waals surface area contributed by atoms with Gasteiger partial charge in [-0.3, -0.25) is 4.79 Å². The maximum Gasteiger partial charge on any atom is 0.198 e. The Morgan fingerprint density at radius 2 is 2.05 bits per heavy atom. The van der Waals surface area contributed by atoms with Gasteiger partial charge in [-0.2, -0.15) is 0 Å². The van der Waals surface area contributed by atoms with Crippen LogP contribution in [0.4, 0.5) is 10.1 Å². The number of nitrogens with two attached hydrogens (primary N) is 1. The smallest absolute Gasteiger partial charge is 0.198 e.